The molecular weight excluding hydrogens is 402 g/mol. The number of fused-ring (bicyclic) bond motifs is 3. The maximum Gasteiger partial charge on any atom is 0.274 e. The number of benzene rings is 1. The van der Waals surface area contributed by atoms with E-state index >= 15 is 0 Å². The molecule has 2 aromatic rings. The summed E-state index contributed by atoms with van der Waals surface area (Å²) < 4.78 is 33.5. The molecule has 7 nitrogen and oxygen atoms in total. The van der Waals surface area contributed by atoms with E-state index in [4.69, 9.17) is 9.84 Å². The second kappa shape index (κ2) is 7.81. The summed E-state index contributed by atoms with van der Waals surface area (Å²) in [5.41, 5.74) is 2.36. The number of amides is 1. The molecule has 8 heteroatoms. The number of ether oxygens (including phenoxy) is 1. The molecule has 0 bridgehead atoms. The number of morpholine rings is 1. The second-order valence-corrected chi connectivity index (χ2v) is 10.4. The molecule has 1 aromatic carbocycles. The fourth-order valence-electron chi connectivity index (χ4n) is 4.95. The van der Waals surface area contributed by atoms with E-state index in [1.807, 2.05) is 16.8 Å². The van der Waals surface area contributed by atoms with Gasteiger partial charge in [0.05, 0.1) is 35.6 Å². The molecule has 5 rings (SSSR count). The third kappa shape index (κ3) is 3.36. The number of hydrogen-bond acceptors (Lipinski definition) is 5. The third-order valence-electron chi connectivity index (χ3n) is 6.49. The van der Waals surface area contributed by atoms with Crippen LogP contribution < -0.4 is 0 Å². The van der Waals surface area contributed by atoms with Gasteiger partial charge in [0.2, 0.25) is 0 Å². The van der Waals surface area contributed by atoms with Crippen molar-refractivity contribution >= 4 is 15.7 Å². The van der Waals surface area contributed by atoms with Crippen LogP contribution in [0.25, 0.3) is 11.3 Å². The first kappa shape index (κ1) is 19.8. The van der Waals surface area contributed by atoms with Gasteiger partial charge in [-0.2, -0.15) is 5.10 Å². The number of hydrogen-bond donors (Lipinski definition) is 0. The van der Waals surface area contributed by atoms with E-state index in [0.717, 1.165) is 31.4 Å². The molecule has 1 aliphatic carbocycles. The topological polar surface area (TPSA) is 81.5 Å². The Morgan fingerprint density at radius 1 is 1.03 bits per heavy atom. The first-order valence-electron chi connectivity index (χ1n) is 10.9. The molecule has 0 unspecified atom stereocenters. The Morgan fingerprint density at radius 3 is 2.47 bits per heavy atom. The highest BCUT2D eigenvalue weighted by molar-refractivity contribution is 7.90. The van der Waals surface area contributed by atoms with E-state index in [2.05, 4.69) is 0 Å². The molecule has 0 spiro atoms. The van der Waals surface area contributed by atoms with E-state index in [-0.39, 0.29) is 17.7 Å². The van der Waals surface area contributed by atoms with Crippen LogP contribution in [0.2, 0.25) is 0 Å². The van der Waals surface area contributed by atoms with Crippen LogP contribution in [0.4, 0.5) is 0 Å². The zero-order valence-corrected chi connectivity index (χ0v) is 17.9. The molecule has 1 amide bonds. The average Bonchev–Trinajstić information content (AvgIpc) is 2.94. The van der Waals surface area contributed by atoms with Gasteiger partial charge in [0.25, 0.3) is 5.91 Å². The monoisotopic (exact) mass is 429 g/mol. The summed E-state index contributed by atoms with van der Waals surface area (Å²) in [5, 5.41) is 4.82. The second-order valence-electron chi connectivity index (χ2n) is 8.43. The summed E-state index contributed by atoms with van der Waals surface area (Å²) >= 11 is 0. The third-order valence-corrected chi connectivity index (χ3v) is 8.19. The van der Waals surface area contributed by atoms with E-state index in [1.54, 1.807) is 17.0 Å². The van der Waals surface area contributed by atoms with Crippen LogP contribution in [-0.4, -0.2) is 55.3 Å². The lowest BCUT2D eigenvalue weighted by Gasteiger charge is -2.26. The largest absolute Gasteiger partial charge is 0.378 e. The number of nitrogens with zero attached hydrogens (tertiary/aromatic N) is 3. The first-order chi connectivity index (χ1) is 14.6. The molecule has 3 heterocycles. The van der Waals surface area contributed by atoms with Crippen molar-refractivity contribution in [1.82, 2.24) is 14.7 Å². The van der Waals surface area contributed by atoms with Crippen molar-refractivity contribution in [2.24, 2.45) is 0 Å². The minimum atomic E-state index is -3.52. The lowest BCUT2D eigenvalue weighted by atomic mass is 10.0. The Kier molecular flexibility index (Phi) is 5.14. The van der Waals surface area contributed by atoms with Crippen LogP contribution in [0.3, 0.4) is 0 Å². The van der Waals surface area contributed by atoms with Crippen LogP contribution in [0.15, 0.2) is 29.2 Å². The van der Waals surface area contributed by atoms with Crippen molar-refractivity contribution in [3.8, 4) is 11.3 Å². The highest BCUT2D eigenvalue weighted by Gasteiger charge is 2.38. The van der Waals surface area contributed by atoms with Crippen molar-refractivity contribution in [2.45, 2.75) is 55.2 Å². The molecule has 0 N–H and O–H groups in total. The number of aromatic nitrogens is 2. The Morgan fingerprint density at radius 2 is 1.73 bits per heavy atom. The van der Waals surface area contributed by atoms with E-state index < -0.39 is 9.84 Å². The standard InChI is InChI=1S/C22H27N3O4S/c26-22(24-11-13-29-14-12-24)20-18-15-30(27,28)19-10-6-5-9-17(19)21(18)25(23-20)16-7-3-1-2-4-8-16/h5-6,9-10,16H,1-4,7-8,11-15H2. The van der Waals surface area contributed by atoms with Gasteiger partial charge in [-0.05, 0) is 18.9 Å². The fraction of sp³-hybridized carbons (Fsp3) is 0.545. The summed E-state index contributed by atoms with van der Waals surface area (Å²) in [4.78, 5) is 15.4. The zero-order chi connectivity index (χ0) is 20.7. The van der Waals surface area contributed by atoms with Crippen LogP contribution >= 0.6 is 0 Å². The number of sulfone groups is 1. The van der Waals surface area contributed by atoms with Gasteiger partial charge in [-0.3, -0.25) is 9.48 Å². The number of carbonyl (C=O) groups excluding carboxylic acids is 1. The van der Waals surface area contributed by atoms with Crippen molar-refractivity contribution < 1.29 is 17.9 Å². The Balaban J connectivity index is 1.68. The summed E-state index contributed by atoms with van der Waals surface area (Å²) in [5.74, 6) is -0.353. The lowest BCUT2D eigenvalue weighted by Crippen LogP contribution is -2.41. The Hall–Kier alpha value is -2.19. The Bertz CT molecular complexity index is 1060. The Labute approximate surface area is 176 Å². The smallest absolute Gasteiger partial charge is 0.274 e. The van der Waals surface area contributed by atoms with Gasteiger partial charge in [0, 0.05) is 24.2 Å². The number of carbonyl (C=O) groups is 1. The summed E-state index contributed by atoms with van der Waals surface area (Å²) in [6.45, 7) is 2.01. The highest BCUT2D eigenvalue weighted by Crippen LogP contribution is 2.42. The lowest BCUT2D eigenvalue weighted by molar-refractivity contribution is 0.0297. The SMILES string of the molecule is O=C(c1nn(C2CCCCCC2)c2c1CS(=O)(=O)c1ccccc1-2)N1CCOCC1. The van der Waals surface area contributed by atoms with Gasteiger partial charge in [-0.25, -0.2) is 8.42 Å². The first-order valence-corrected chi connectivity index (χ1v) is 12.5. The minimum Gasteiger partial charge on any atom is -0.378 e. The van der Waals surface area contributed by atoms with E-state index in [9.17, 15) is 13.2 Å². The molecule has 0 atom stereocenters. The molecule has 30 heavy (non-hydrogen) atoms. The average molecular weight is 430 g/mol. The van der Waals surface area contributed by atoms with Gasteiger partial charge in [0.15, 0.2) is 15.5 Å². The van der Waals surface area contributed by atoms with Crippen LogP contribution in [0.1, 0.15) is 60.6 Å². The molecule has 160 valence electrons. The van der Waals surface area contributed by atoms with Crippen molar-refractivity contribution in [3.05, 3.63) is 35.5 Å². The van der Waals surface area contributed by atoms with Gasteiger partial charge >= 0.3 is 0 Å². The van der Waals surface area contributed by atoms with Gasteiger partial charge < -0.3 is 9.64 Å². The normalized spacial score (nSPS) is 21.5. The quantitative estimate of drug-likeness (QED) is 0.685. The molecule has 1 saturated heterocycles. The van der Waals surface area contributed by atoms with Crippen LogP contribution in [-0.2, 0) is 20.3 Å². The van der Waals surface area contributed by atoms with Crippen molar-refractivity contribution in [3.63, 3.8) is 0 Å². The van der Waals surface area contributed by atoms with Crippen LogP contribution in [0, 0.1) is 0 Å². The van der Waals surface area contributed by atoms with Gasteiger partial charge in [-0.1, -0.05) is 43.9 Å². The van der Waals surface area contributed by atoms with E-state index in [0.29, 0.717) is 48.0 Å². The zero-order valence-electron chi connectivity index (χ0n) is 17.0. The highest BCUT2D eigenvalue weighted by atomic mass is 32.2. The van der Waals surface area contributed by atoms with Crippen molar-refractivity contribution in [1.29, 1.82) is 0 Å². The molecule has 1 aromatic heterocycles. The minimum absolute atomic E-state index is 0.169. The molecular formula is C22H27N3O4S. The molecule has 0 radical (unpaired) electrons. The molecule has 1 saturated carbocycles. The maximum atomic E-state index is 13.4. The van der Waals surface area contributed by atoms with Gasteiger partial charge in [-0.15, -0.1) is 0 Å². The molecule has 2 aliphatic heterocycles. The number of rotatable bonds is 2. The molecule has 2 fully saturated rings. The van der Waals surface area contributed by atoms with Crippen LogP contribution in [0.5, 0.6) is 0 Å². The van der Waals surface area contributed by atoms with E-state index in [1.165, 1.54) is 12.8 Å². The fourth-order valence-corrected chi connectivity index (χ4v) is 6.54. The summed E-state index contributed by atoms with van der Waals surface area (Å²) in [6.07, 6.45) is 6.70. The summed E-state index contributed by atoms with van der Waals surface area (Å²) in [7, 11) is -3.52. The predicted molar refractivity (Wildman–Crippen MR) is 112 cm³/mol. The maximum absolute atomic E-state index is 13.4. The van der Waals surface area contributed by atoms with Gasteiger partial charge in [0.1, 0.15) is 0 Å². The predicted octanol–water partition coefficient (Wildman–Crippen LogP) is 3.21. The van der Waals surface area contributed by atoms with Crippen molar-refractivity contribution in [2.75, 3.05) is 26.3 Å². The summed E-state index contributed by atoms with van der Waals surface area (Å²) in [6, 6.07) is 7.33. The molecule has 3 aliphatic rings.